The Labute approximate surface area is 150 Å². The highest BCUT2D eigenvalue weighted by Crippen LogP contribution is 2.27. The molecule has 2 aromatic rings. The average molecular weight is 358 g/mol. The molecular formula is C19H20F2N4O. The molecule has 0 radical (unpaired) electrons. The Balaban J connectivity index is 1.83. The summed E-state index contributed by atoms with van der Waals surface area (Å²) in [5.74, 6) is -1.75. The Hall–Kier alpha value is -2.83. The third-order valence-electron chi connectivity index (χ3n) is 4.09. The van der Waals surface area contributed by atoms with E-state index >= 15 is 0 Å². The van der Waals surface area contributed by atoms with Crippen LogP contribution in [0.3, 0.4) is 0 Å². The van der Waals surface area contributed by atoms with Gasteiger partial charge in [-0.3, -0.25) is 4.79 Å². The molecule has 1 amide bonds. The third-order valence-corrected chi connectivity index (χ3v) is 4.09. The molecule has 0 aromatic carbocycles. The summed E-state index contributed by atoms with van der Waals surface area (Å²) in [6.07, 6.45) is 7.54. The molecule has 0 atom stereocenters. The number of anilines is 2. The molecule has 0 fully saturated rings. The van der Waals surface area contributed by atoms with E-state index < -0.39 is 11.9 Å². The van der Waals surface area contributed by atoms with Crippen LogP contribution in [0.4, 0.5) is 20.3 Å². The molecular weight excluding hydrogens is 338 g/mol. The van der Waals surface area contributed by atoms with Crippen molar-refractivity contribution in [1.29, 1.82) is 0 Å². The predicted octanol–water partition coefficient (Wildman–Crippen LogP) is 3.99. The Kier molecular flexibility index (Phi) is 5.55. The van der Waals surface area contributed by atoms with E-state index in [1.165, 1.54) is 0 Å². The van der Waals surface area contributed by atoms with Gasteiger partial charge >= 0.3 is 0 Å². The van der Waals surface area contributed by atoms with Crippen LogP contribution < -0.4 is 10.6 Å². The number of hydrogen-bond donors (Lipinski definition) is 2. The van der Waals surface area contributed by atoms with E-state index in [2.05, 4.69) is 27.5 Å². The fourth-order valence-corrected chi connectivity index (χ4v) is 2.86. The van der Waals surface area contributed by atoms with Gasteiger partial charge in [0.1, 0.15) is 11.5 Å². The molecule has 0 bridgehead atoms. The summed E-state index contributed by atoms with van der Waals surface area (Å²) < 4.78 is 26.5. The highest BCUT2D eigenvalue weighted by molar-refractivity contribution is 5.96. The van der Waals surface area contributed by atoms with Gasteiger partial charge in [-0.25, -0.2) is 4.98 Å². The number of allylic oxidation sites excluding steroid dienone is 1. The molecule has 0 unspecified atom stereocenters. The first-order chi connectivity index (χ1) is 12.6. The number of rotatable bonds is 7. The Morgan fingerprint density at radius 3 is 2.65 bits per heavy atom. The molecule has 3 rings (SSSR count). The van der Waals surface area contributed by atoms with Crippen molar-refractivity contribution >= 4 is 23.5 Å². The van der Waals surface area contributed by atoms with Gasteiger partial charge in [-0.05, 0) is 30.0 Å². The lowest BCUT2D eigenvalue weighted by molar-refractivity contribution is 0.0947. The zero-order chi connectivity index (χ0) is 18.5. The topological polar surface area (TPSA) is 66.9 Å². The molecule has 5 nitrogen and oxygen atoms in total. The van der Waals surface area contributed by atoms with Crippen molar-refractivity contribution in [3.05, 3.63) is 53.0 Å². The fourth-order valence-electron chi connectivity index (χ4n) is 2.86. The minimum absolute atomic E-state index is 0.179. The first-order valence-electron chi connectivity index (χ1n) is 8.65. The van der Waals surface area contributed by atoms with Crippen molar-refractivity contribution in [3.63, 3.8) is 0 Å². The van der Waals surface area contributed by atoms with Crippen LogP contribution in [0.25, 0.3) is 6.08 Å². The van der Waals surface area contributed by atoms with Crippen LogP contribution >= 0.6 is 0 Å². The molecule has 136 valence electrons. The lowest BCUT2D eigenvalue weighted by Gasteiger charge is -2.13. The summed E-state index contributed by atoms with van der Waals surface area (Å²) in [5, 5.41) is 5.73. The second kappa shape index (κ2) is 8.03. The molecule has 2 heterocycles. The van der Waals surface area contributed by atoms with E-state index in [9.17, 15) is 13.6 Å². The molecule has 1 aliphatic carbocycles. The van der Waals surface area contributed by atoms with Crippen molar-refractivity contribution in [2.24, 2.45) is 0 Å². The summed E-state index contributed by atoms with van der Waals surface area (Å²) in [7, 11) is 0. The number of amides is 1. The van der Waals surface area contributed by atoms with E-state index in [-0.39, 0.29) is 11.6 Å². The number of halogens is 2. The standard InChI is InChI=1S/C19H20F2N4O/c1-2-3-4-8-22-19(26)18-14-7-5-6-12(14)9-17(25-18)23-13-10-15(20)24-16(21)11-13/h5-6,9-11H,2-4,7-8H2,1H3,(H,22,26)(H,23,24,25). The molecule has 2 aromatic heterocycles. The molecule has 0 saturated heterocycles. The molecule has 7 heteroatoms. The van der Waals surface area contributed by atoms with Crippen LogP contribution in [-0.4, -0.2) is 22.4 Å². The molecule has 26 heavy (non-hydrogen) atoms. The van der Waals surface area contributed by atoms with Gasteiger partial charge in [0.05, 0.1) is 0 Å². The quantitative estimate of drug-likeness (QED) is 0.580. The van der Waals surface area contributed by atoms with Gasteiger partial charge in [-0.2, -0.15) is 13.8 Å². The summed E-state index contributed by atoms with van der Waals surface area (Å²) in [4.78, 5) is 19.9. The first-order valence-corrected chi connectivity index (χ1v) is 8.65. The molecule has 0 aliphatic heterocycles. The minimum atomic E-state index is -0.928. The maximum atomic E-state index is 13.3. The van der Waals surface area contributed by atoms with Crippen LogP contribution in [0.15, 0.2) is 24.3 Å². The number of unbranched alkanes of at least 4 members (excludes halogenated alkanes) is 2. The number of nitrogens with one attached hydrogen (secondary N) is 2. The highest BCUT2D eigenvalue weighted by atomic mass is 19.1. The predicted molar refractivity (Wildman–Crippen MR) is 96.3 cm³/mol. The van der Waals surface area contributed by atoms with Crippen molar-refractivity contribution in [1.82, 2.24) is 15.3 Å². The molecule has 0 saturated carbocycles. The Morgan fingerprint density at radius 1 is 1.15 bits per heavy atom. The maximum Gasteiger partial charge on any atom is 0.270 e. The number of hydrogen-bond acceptors (Lipinski definition) is 4. The van der Waals surface area contributed by atoms with Crippen LogP contribution in [0, 0.1) is 11.9 Å². The van der Waals surface area contributed by atoms with E-state index in [0.29, 0.717) is 24.5 Å². The van der Waals surface area contributed by atoms with Crippen LogP contribution in [0.1, 0.15) is 47.8 Å². The highest BCUT2D eigenvalue weighted by Gasteiger charge is 2.19. The van der Waals surface area contributed by atoms with E-state index in [4.69, 9.17) is 0 Å². The zero-order valence-corrected chi connectivity index (χ0v) is 14.5. The molecule has 1 aliphatic rings. The lowest BCUT2D eigenvalue weighted by atomic mass is 10.1. The molecule has 0 spiro atoms. The maximum absolute atomic E-state index is 13.3. The minimum Gasteiger partial charge on any atom is -0.351 e. The van der Waals surface area contributed by atoms with Crippen molar-refractivity contribution in [3.8, 4) is 0 Å². The van der Waals surface area contributed by atoms with Gasteiger partial charge in [-0.1, -0.05) is 31.9 Å². The van der Waals surface area contributed by atoms with Gasteiger partial charge in [0.2, 0.25) is 11.9 Å². The third kappa shape index (κ3) is 4.22. The number of carbonyl (C=O) groups excluding carboxylic acids is 1. The van der Waals surface area contributed by atoms with Gasteiger partial charge in [0, 0.05) is 24.4 Å². The second-order valence-corrected chi connectivity index (χ2v) is 6.12. The normalized spacial score (nSPS) is 12.1. The molecule has 2 N–H and O–H groups in total. The Bertz CT molecular complexity index is 831. The number of fused-ring (bicyclic) bond motifs is 1. The summed E-state index contributed by atoms with van der Waals surface area (Å²) in [6.45, 7) is 2.69. The zero-order valence-electron chi connectivity index (χ0n) is 14.5. The van der Waals surface area contributed by atoms with E-state index in [1.807, 2.05) is 12.2 Å². The van der Waals surface area contributed by atoms with Crippen LogP contribution in [0.2, 0.25) is 0 Å². The largest absolute Gasteiger partial charge is 0.351 e. The number of pyridine rings is 2. The van der Waals surface area contributed by atoms with E-state index in [1.54, 1.807) is 6.07 Å². The smallest absolute Gasteiger partial charge is 0.270 e. The number of carbonyl (C=O) groups is 1. The lowest BCUT2D eigenvalue weighted by Crippen LogP contribution is -2.27. The number of aromatic nitrogens is 2. The summed E-state index contributed by atoms with van der Waals surface area (Å²) in [6, 6.07) is 3.89. The summed E-state index contributed by atoms with van der Waals surface area (Å²) in [5.41, 5.74) is 2.24. The SMILES string of the molecule is CCCCCNC(=O)c1nc(Nc2cc(F)nc(F)c2)cc2c1CC=C2. The fraction of sp³-hybridized carbons (Fsp3) is 0.316. The number of nitrogens with zero attached hydrogens (tertiary/aromatic N) is 2. The monoisotopic (exact) mass is 358 g/mol. The van der Waals surface area contributed by atoms with Gasteiger partial charge in [0.25, 0.3) is 5.91 Å². The second-order valence-electron chi connectivity index (χ2n) is 6.12. The van der Waals surface area contributed by atoms with Gasteiger partial charge in [0.15, 0.2) is 0 Å². The Morgan fingerprint density at radius 2 is 1.92 bits per heavy atom. The average Bonchev–Trinajstić information content (AvgIpc) is 3.05. The van der Waals surface area contributed by atoms with Crippen molar-refractivity contribution in [2.45, 2.75) is 32.6 Å². The van der Waals surface area contributed by atoms with Crippen LogP contribution in [-0.2, 0) is 6.42 Å². The van der Waals surface area contributed by atoms with Crippen LogP contribution in [0.5, 0.6) is 0 Å². The van der Waals surface area contributed by atoms with Gasteiger partial charge < -0.3 is 10.6 Å². The summed E-state index contributed by atoms with van der Waals surface area (Å²) >= 11 is 0. The van der Waals surface area contributed by atoms with Gasteiger partial charge in [-0.15, -0.1) is 0 Å². The van der Waals surface area contributed by atoms with Crippen molar-refractivity contribution < 1.29 is 13.6 Å². The first kappa shape index (κ1) is 18.0. The van der Waals surface area contributed by atoms with Crippen molar-refractivity contribution in [2.75, 3.05) is 11.9 Å². The van der Waals surface area contributed by atoms with E-state index in [0.717, 1.165) is 42.5 Å².